The van der Waals surface area contributed by atoms with E-state index in [9.17, 15) is 30.6 Å². The van der Waals surface area contributed by atoms with Crippen LogP contribution in [0.15, 0.2) is 243 Å². The van der Waals surface area contributed by atoms with Crippen molar-refractivity contribution in [2.24, 2.45) is 0 Å². The molecule has 0 unspecified atom stereocenters. The van der Waals surface area contributed by atoms with Crippen LogP contribution in [-0.4, -0.2) is 83.5 Å². The highest BCUT2D eigenvalue weighted by atomic mass is 16.5. The molecule has 0 bridgehead atoms. The number of phenols is 2. The lowest BCUT2D eigenvalue weighted by molar-refractivity contribution is 0.200. The number of hydrogen-bond donors (Lipinski definition) is 6. The van der Waals surface area contributed by atoms with E-state index < -0.39 is 16.2 Å². The van der Waals surface area contributed by atoms with Gasteiger partial charge in [-0.2, -0.15) is 0 Å². The van der Waals surface area contributed by atoms with Crippen LogP contribution in [0.25, 0.3) is 54.9 Å². The van der Waals surface area contributed by atoms with Gasteiger partial charge in [0.2, 0.25) is 0 Å². The fourth-order valence-electron chi connectivity index (χ4n) is 19.0. The van der Waals surface area contributed by atoms with Gasteiger partial charge in [-0.1, -0.05) is 221 Å². The van der Waals surface area contributed by atoms with Gasteiger partial charge in [0.25, 0.3) is 0 Å². The molecule has 3 aliphatic rings. The molecule has 0 spiro atoms. The van der Waals surface area contributed by atoms with E-state index in [0.717, 1.165) is 82.1 Å². The summed E-state index contributed by atoms with van der Waals surface area (Å²) in [4.78, 5) is 0. The number of hydrogen-bond acceptors (Lipinski definition) is 10. The molecule has 0 saturated heterocycles. The predicted octanol–water partition coefficient (Wildman–Crippen LogP) is 22.8. The third kappa shape index (κ3) is 14.9. The molecule has 0 fully saturated rings. The molecular formula is C109H110O10. The van der Waals surface area contributed by atoms with Crippen LogP contribution in [-0.2, 0) is 41.9 Å². The molecule has 0 radical (unpaired) electrons. The van der Waals surface area contributed by atoms with Crippen molar-refractivity contribution in [3.05, 3.63) is 376 Å². The first kappa shape index (κ1) is 82.3. The van der Waals surface area contributed by atoms with Gasteiger partial charge in [0, 0.05) is 26.1 Å². The molecule has 0 atom stereocenters. The van der Waals surface area contributed by atoms with Gasteiger partial charge in [-0.25, -0.2) is 0 Å². The Bertz CT molecular complexity index is 5790. The zero-order valence-corrected chi connectivity index (χ0v) is 70.8. The molecule has 0 aliphatic heterocycles. The number of aromatic hydroxyl groups is 2. The first-order valence-electron chi connectivity index (χ1n) is 42.3. The Balaban J connectivity index is 0.000000143. The van der Waals surface area contributed by atoms with Crippen molar-refractivity contribution in [1.29, 1.82) is 0 Å². The van der Waals surface area contributed by atoms with Crippen molar-refractivity contribution in [2.45, 2.75) is 138 Å². The van der Waals surface area contributed by atoms with Crippen molar-refractivity contribution in [3.8, 4) is 67.9 Å². The van der Waals surface area contributed by atoms with E-state index in [1.165, 1.54) is 155 Å². The molecule has 0 saturated carbocycles. The Morgan fingerprint density at radius 3 is 0.866 bits per heavy atom. The molecule has 3 aliphatic carbocycles. The number of aliphatic hydroxyl groups is 4. The van der Waals surface area contributed by atoms with Gasteiger partial charge in [-0.3, -0.25) is 0 Å². The third-order valence-electron chi connectivity index (χ3n) is 25.1. The number of aliphatic hydroxyl groups excluding tert-OH is 4. The van der Waals surface area contributed by atoms with E-state index in [2.05, 4.69) is 263 Å². The summed E-state index contributed by atoms with van der Waals surface area (Å²) in [6.07, 6.45) is 5.15. The van der Waals surface area contributed by atoms with Crippen molar-refractivity contribution in [1.82, 2.24) is 0 Å². The lowest BCUT2D eigenvalue weighted by Crippen LogP contribution is -2.29. The lowest BCUT2D eigenvalue weighted by atomic mass is 9.66. The Hall–Kier alpha value is -11.8. The highest BCUT2D eigenvalue weighted by Crippen LogP contribution is 2.61. The van der Waals surface area contributed by atoms with Crippen LogP contribution in [0.4, 0.5) is 0 Å². The van der Waals surface area contributed by atoms with Gasteiger partial charge in [0.15, 0.2) is 0 Å². The molecule has 119 heavy (non-hydrogen) atoms. The molecule has 14 aromatic rings. The number of ether oxygens (including phenoxy) is 4. The first-order chi connectivity index (χ1) is 57.7. The Kier molecular flexibility index (Phi) is 24.0. The summed E-state index contributed by atoms with van der Waals surface area (Å²) in [6.45, 7) is 27.3. The van der Waals surface area contributed by atoms with E-state index in [4.69, 9.17) is 18.9 Å². The zero-order valence-electron chi connectivity index (χ0n) is 70.8. The lowest BCUT2D eigenvalue weighted by Gasteiger charge is -2.35. The van der Waals surface area contributed by atoms with Gasteiger partial charge in [0.05, 0.1) is 42.7 Å². The fraction of sp³-hybridized carbons (Fsp3) is 0.266. The monoisotopic (exact) mass is 1580 g/mol. The molecule has 10 nitrogen and oxygen atoms in total. The van der Waals surface area contributed by atoms with Gasteiger partial charge in [-0.15, -0.1) is 0 Å². The summed E-state index contributed by atoms with van der Waals surface area (Å²) in [5, 5.41) is 62.3. The van der Waals surface area contributed by atoms with Crippen molar-refractivity contribution in [2.75, 3.05) is 52.9 Å². The summed E-state index contributed by atoms with van der Waals surface area (Å²) >= 11 is 0. The third-order valence-corrected chi connectivity index (χ3v) is 25.1. The fourth-order valence-corrected chi connectivity index (χ4v) is 19.0. The minimum Gasteiger partial charge on any atom is -0.508 e. The second kappa shape index (κ2) is 34.7. The number of fused-ring (bicyclic) bond motifs is 11. The summed E-state index contributed by atoms with van der Waals surface area (Å²) in [7, 11) is 0. The van der Waals surface area contributed by atoms with Crippen molar-refractivity contribution in [3.63, 3.8) is 0 Å². The predicted molar refractivity (Wildman–Crippen MR) is 485 cm³/mol. The maximum Gasteiger partial charge on any atom is 0.122 e. The number of phenolic OH excluding ortho intramolecular Hbond substituents is 2. The Morgan fingerprint density at radius 1 is 0.252 bits per heavy atom. The highest BCUT2D eigenvalue weighted by Gasteiger charge is 2.50. The van der Waals surface area contributed by atoms with Gasteiger partial charge >= 0.3 is 0 Å². The maximum absolute atomic E-state index is 10.3. The van der Waals surface area contributed by atoms with Crippen LogP contribution in [0.2, 0.25) is 0 Å². The molecule has 606 valence electrons. The zero-order chi connectivity index (χ0) is 83.6. The summed E-state index contributed by atoms with van der Waals surface area (Å²) < 4.78 is 23.6. The minimum absolute atomic E-state index is 0.0185. The van der Waals surface area contributed by atoms with Gasteiger partial charge < -0.3 is 49.6 Å². The summed E-state index contributed by atoms with van der Waals surface area (Å²) in [5.74, 6) is 3.82. The summed E-state index contributed by atoms with van der Waals surface area (Å²) in [6, 6.07) is 88.5. The van der Waals surface area contributed by atoms with E-state index in [1.807, 2.05) is 50.2 Å². The standard InChI is InChI=1S/C45H46O4.C35H38O4.C29H26O2/c1-5-31-9-15-43-41(23-31)42-24-32(6-2)10-16-44(42)45(43,35-21-29(3)39-27-37(48-19-7-17-46)13-11-33(39)25-35)36-22-30(4)40-28-38(49-20-8-18-47)14-12-34(40)26-36;1-5-25-7-11-31-29(21-25)30-22-26(6-2)8-12-32(30)35(31,27-9-13-33(23(3)19-27)38-17-15-36)28-10-14-34(24(4)20-28)39-18-16-37;1-17-5-9-25-23(13-17)24-14-18(2)6-10-26(24)29(25,21-7-11-27(30)19(3)15-21)22-8-12-28(31)20(4)16-22/h9-16,21-28,46-47H,5-8,17-20H2,1-4H3;7-14,19-22,36-37H,5-6,15-18H2,1-4H3;5-16,30-31H,1-4H3. The Morgan fingerprint density at radius 2 is 0.555 bits per heavy atom. The van der Waals surface area contributed by atoms with Crippen LogP contribution in [0.5, 0.6) is 34.5 Å². The number of aryl methyl sites for hydroxylation is 12. The normalized spacial score (nSPS) is 13.3. The second-order valence-electron chi connectivity index (χ2n) is 32.6. The van der Waals surface area contributed by atoms with Gasteiger partial charge in [0.1, 0.15) is 47.7 Å². The molecule has 14 aromatic carbocycles. The molecule has 0 heterocycles. The van der Waals surface area contributed by atoms with Crippen LogP contribution in [0, 0.1) is 55.4 Å². The van der Waals surface area contributed by atoms with Crippen LogP contribution in [0.3, 0.4) is 0 Å². The average Bonchev–Trinajstić information content (AvgIpc) is 1.55. The van der Waals surface area contributed by atoms with Crippen molar-refractivity contribution < 1.29 is 49.6 Å². The number of rotatable bonds is 24. The highest BCUT2D eigenvalue weighted by molar-refractivity contribution is 5.95. The van der Waals surface area contributed by atoms with Crippen LogP contribution < -0.4 is 18.9 Å². The molecule has 10 heteroatoms. The quantitative estimate of drug-likeness (QED) is 0.0322. The minimum atomic E-state index is -0.534. The van der Waals surface area contributed by atoms with Crippen LogP contribution >= 0.6 is 0 Å². The van der Waals surface area contributed by atoms with Gasteiger partial charge in [-0.05, 0) is 319 Å². The smallest absolute Gasteiger partial charge is 0.122 e. The average molecular weight is 1580 g/mol. The molecule has 0 amide bonds. The second-order valence-corrected chi connectivity index (χ2v) is 32.6. The summed E-state index contributed by atoms with van der Waals surface area (Å²) in [5.41, 5.74) is 34.8. The molecule has 0 aromatic heterocycles. The number of benzene rings is 14. The van der Waals surface area contributed by atoms with Crippen molar-refractivity contribution >= 4 is 21.5 Å². The van der Waals surface area contributed by atoms with E-state index in [0.29, 0.717) is 37.6 Å². The van der Waals surface area contributed by atoms with Crippen LogP contribution in [0.1, 0.15) is 174 Å². The SMILES string of the molecule is CCc1ccc2c(c1)-c1cc(CC)ccc1C2(c1cc(C)c2cc(OCCCO)ccc2c1)c1cc(C)c2cc(OCCCO)ccc2c1.CCc1ccc2c(c1)-c1cc(CC)ccc1C2(c1ccc(OCCO)c(C)c1)c1ccc(OCCO)c(C)c1.Cc1ccc2c(c1)-c1cc(C)ccc1C2(c1ccc(O)c(C)c1)c1ccc(O)c(C)c1. The van der Waals surface area contributed by atoms with E-state index in [1.54, 1.807) is 12.1 Å². The largest absolute Gasteiger partial charge is 0.508 e. The molecular weight excluding hydrogens is 1470 g/mol. The Labute approximate surface area is 701 Å². The maximum atomic E-state index is 10.3. The van der Waals surface area contributed by atoms with E-state index in [-0.39, 0.29) is 39.6 Å². The van der Waals surface area contributed by atoms with E-state index >= 15 is 0 Å². The molecule has 6 N–H and O–H groups in total. The first-order valence-corrected chi connectivity index (χ1v) is 42.3. The topological polar surface area (TPSA) is 158 Å². The molecule has 17 rings (SSSR count).